The van der Waals surface area contributed by atoms with Crippen molar-refractivity contribution in [3.8, 4) is 5.75 Å². The molecule has 0 amide bonds. The second-order valence-corrected chi connectivity index (χ2v) is 4.95. The minimum Gasteiger partial charge on any atom is -0.435 e. The topological polar surface area (TPSA) is 47.0 Å². The molecular weight excluding hydrogens is 276 g/mol. The van der Waals surface area contributed by atoms with E-state index in [4.69, 9.17) is 0 Å². The zero-order chi connectivity index (χ0) is 14.7. The molecule has 1 saturated carbocycles. The Kier molecular flexibility index (Phi) is 3.94. The summed E-state index contributed by atoms with van der Waals surface area (Å²) >= 11 is 0. The van der Waals surface area contributed by atoms with Crippen molar-refractivity contribution < 1.29 is 13.5 Å². The van der Waals surface area contributed by atoms with Crippen molar-refractivity contribution in [1.29, 1.82) is 0 Å². The van der Waals surface area contributed by atoms with Gasteiger partial charge in [-0.3, -0.25) is 0 Å². The molecule has 2 aromatic rings. The van der Waals surface area contributed by atoms with Gasteiger partial charge in [0, 0.05) is 18.7 Å². The molecule has 1 aromatic heterocycles. The Morgan fingerprint density at radius 3 is 2.90 bits per heavy atom. The fourth-order valence-electron chi connectivity index (χ4n) is 2.03. The van der Waals surface area contributed by atoms with Crippen LogP contribution in [0.5, 0.6) is 5.75 Å². The molecule has 4 nitrogen and oxygen atoms in total. The van der Waals surface area contributed by atoms with Crippen LogP contribution in [0.2, 0.25) is 0 Å². The number of ether oxygens (including phenoxy) is 1. The summed E-state index contributed by atoms with van der Waals surface area (Å²) < 4.78 is 28.7. The SMILES string of the molecule is FC(F)Oc1cccc(CNc2ccnc(C3CC3)n2)c1. The number of halogens is 2. The Hall–Kier alpha value is -2.24. The van der Waals surface area contributed by atoms with Crippen LogP contribution in [0.3, 0.4) is 0 Å². The molecule has 1 aliphatic rings. The molecule has 0 saturated heterocycles. The third-order valence-corrected chi connectivity index (χ3v) is 3.21. The lowest BCUT2D eigenvalue weighted by molar-refractivity contribution is -0.0498. The van der Waals surface area contributed by atoms with Crippen LogP contribution in [0, 0.1) is 0 Å². The average Bonchev–Trinajstić information content (AvgIpc) is 3.30. The first-order valence-electron chi connectivity index (χ1n) is 6.81. The number of alkyl halides is 2. The van der Waals surface area contributed by atoms with Crippen LogP contribution in [-0.2, 0) is 6.54 Å². The van der Waals surface area contributed by atoms with Gasteiger partial charge < -0.3 is 10.1 Å². The first-order valence-corrected chi connectivity index (χ1v) is 6.81. The molecule has 1 aliphatic carbocycles. The van der Waals surface area contributed by atoms with Crippen LogP contribution < -0.4 is 10.1 Å². The number of nitrogens with zero attached hydrogens (tertiary/aromatic N) is 2. The Bertz CT molecular complexity index is 617. The highest BCUT2D eigenvalue weighted by Crippen LogP contribution is 2.38. The van der Waals surface area contributed by atoms with E-state index in [2.05, 4.69) is 20.0 Å². The molecule has 1 heterocycles. The Morgan fingerprint density at radius 1 is 1.29 bits per heavy atom. The van der Waals surface area contributed by atoms with Crippen molar-refractivity contribution in [3.05, 3.63) is 47.9 Å². The summed E-state index contributed by atoms with van der Waals surface area (Å²) in [5.74, 6) is 2.27. The molecule has 0 bridgehead atoms. The Balaban J connectivity index is 1.63. The summed E-state index contributed by atoms with van der Waals surface area (Å²) in [4.78, 5) is 8.70. The summed E-state index contributed by atoms with van der Waals surface area (Å²) in [6.45, 7) is -2.32. The van der Waals surface area contributed by atoms with E-state index >= 15 is 0 Å². The van der Waals surface area contributed by atoms with Gasteiger partial charge in [-0.25, -0.2) is 9.97 Å². The van der Waals surface area contributed by atoms with Crippen LogP contribution >= 0.6 is 0 Å². The van der Waals surface area contributed by atoms with Gasteiger partial charge in [-0.1, -0.05) is 12.1 Å². The van der Waals surface area contributed by atoms with Crippen molar-refractivity contribution in [2.75, 3.05) is 5.32 Å². The second-order valence-electron chi connectivity index (χ2n) is 4.95. The fraction of sp³-hybridized carbons (Fsp3) is 0.333. The lowest BCUT2D eigenvalue weighted by atomic mass is 10.2. The minimum atomic E-state index is -2.81. The van der Waals surface area contributed by atoms with Crippen LogP contribution in [0.1, 0.15) is 30.1 Å². The van der Waals surface area contributed by atoms with Crippen LogP contribution in [0.25, 0.3) is 0 Å². The highest BCUT2D eigenvalue weighted by molar-refractivity contribution is 5.37. The Labute approximate surface area is 121 Å². The highest BCUT2D eigenvalue weighted by atomic mass is 19.3. The van der Waals surface area contributed by atoms with Crippen molar-refractivity contribution in [2.45, 2.75) is 31.9 Å². The zero-order valence-electron chi connectivity index (χ0n) is 11.3. The summed E-state index contributed by atoms with van der Waals surface area (Å²) in [6.07, 6.45) is 4.03. The van der Waals surface area contributed by atoms with Crippen molar-refractivity contribution in [1.82, 2.24) is 9.97 Å². The predicted octanol–water partition coefficient (Wildman–Crippen LogP) is 3.57. The number of aromatic nitrogens is 2. The summed E-state index contributed by atoms with van der Waals surface area (Å²) in [5.41, 5.74) is 0.847. The van der Waals surface area contributed by atoms with E-state index in [-0.39, 0.29) is 5.75 Å². The molecule has 0 atom stereocenters. The standard InChI is InChI=1S/C15H15F2N3O/c16-15(17)21-12-3-1-2-10(8-12)9-19-13-6-7-18-14(20-13)11-4-5-11/h1-3,6-8,11,15H,4-5,9H2,(H,18,19,20). The number of hydrogen-bond acceptors (Lipinski definition) is 4. The van der Waals surface area contributed by atoms with E-state index in [1.165, 1.54) is 6.07 Å². The van der Waals surface area contributed by atoms with E-state index in [0.717, 1.165) is 30.0 Å². The van der Waals surface area contributed by atoms with Gasteiger partial charge in [-0.15, -0.1) is 0 Å². The maximum atomic E-state index is 12.2. The van der Waals surface area contributed by atoms with Crippen LogP contribution in [0.15, 0.2) is 36.5 Å². The minimum absolute atomic E-state index is 0.158. The van der Waals surface area contributed by atoms with E-state index in [0.29, 0.717) is 12.5 Å². The van der Waals surface area contributed by atoms with Gasteiger partial charge in [-0.05, 0) is 36.6 Å². The highest BCUT2D eigenvalue weighted by Gasteiger charge is 2.26. The molecule has 6 heteroatoms. The first-order chi connectivity index (χ1) is 10.2. The van der Waals surface area contributed by atoms with Gasteiger partial charge in [0.25, 0.3) is 0 Å². The largest absolute Gasteiger partial charge is 0.435 e. The van der Waals surface area contributed by atoms with Crippen molar-refractivity contribution in [2.24, 2.45) is 0 Å². The van der Waals surface area contributed by atoms with Crippen LogP contribution in [0.4, 0.5) is 14.6 Å². The van der Waals surface area contributed by atoms with Gasteiger partial charge in [0.1, 0.15) is 17.4 Å². The van der Waals surface area contributed by atoms with Gasteiger partial charge in [0.2, 0.25) is 0 Å². The molecule has 0 aliphatic heterocycles. The zero-order valence-corrected chi connectivity index (χ0v) is 11.3. The first kappa shape index (κ1) is 13.7. The maximum Gasteiger partial charge on any atom is 0.387 e. The summed E-state index contributed by atoms with van der Waals surface area (Å²) in [7, 11) is 0. The van der Waals surface area contributed by atoms with Crippen molar-refractivity contribution in [3.63, 3.8) is 0 Å². The predicted molar refractivity (Wildman–Crippen MR) is 74.4 cm³/mol. The number of anilines is 1. The molecular formula is C15H15F2N3O. The molecule has 0 radical (unpaired) electrons. The van der Waals surface area contributed by atoms with E-state index < -0.39 is 6.61 Å². The average molecular weight is 291 g/mol. The van der Waals surface area contributed by atoms with Gasteiger partial charge in [0.05, 0.1) is 0 Å². The van der Waals surface area contributed by atoms with Gasteiger partial charge in [0.15, 0.2) is 0 Å². The Morgan fingerprint density at radius 2 is 2.14 bits per heavy atom. The lowest BCUT2D eigenvalue weighted by Gasteiger charge is -2.09. The number of benzene rings is 1. The maximum absolute atomic E-state index is 12.2. The smallest absolute Gasteiger partial charge is 0.387 e. The molecule has 110 valence electrons. The number of hydrogen-bond donors (Lipinski definition) is 1. The van der Waals surface area contributed by atoms with Gasteiger partial charge in [-0.2, -0.15) is 8.78 Å². The molecule has 1 fully saturated rings. The van der Waals surface area contributed by atoms with Crippen LogP contribution in [-0.4, -0.2) is 16.6 Å². The third kappa shape index (κ3) is 3.87. The number of rotatable bonds is 6. The third-order valence-electron chi connectivity index (χ3n) is 3.21. The summed E-state index contributed by atoms with van der Waals surface area (Å²) in [5, 5.41) is 3.17. The monoisotopic (exact) mass is 291 g/mol. The van der Waals surface area contributed by atoms with E-state index in [1.54, 1.807) is 24.4 Å². The van der Waals surface area contributed by atoms with Crippen molar-refractivity contribution >= 4 is 5.82 Å². The summed E-state index contributed by atoms with van der Waals surface area (Å²) in [6, 6.07) is 8.41. The normalized spacial score (nSPS) is 14.2. The molecule has 21 heavy (non-hydrogen) atoms. The molecule has 0 spiro atoms. The second kappa shape index (κ2) is 6.03. The molecule has 1 N–H and O–H groups in total. The van der Waals surface area contributed by atoms with E-state index in [1.807, 2.05) is 6.07 Å². The fourth-order valence-corrected chi connectivity index (χ4v) is 2.03. The molecule has 3 rings (SSSR count). The molecule has 1 aromatic carbocycles. The quantitative estimate of drug-likeness (QED) is 0.884. The molecule has 0 unspecified atom stereocenters. The van der Waals surface area contributed by atoms with Gasteiger partial charge >= 0.3 is 6.61 Å². The van der Waals surface area contributed by atoms with E-state index in [9.17, 15) is 8.78 Å². The number of nitrogens with one attached hydrogen (secondary N) is 1. The lowest BCUT2D eigenvalue weighted by Crippen LogP contribution is -2.05.